The van der Waals surface area contributed by atoms with Gasteiger partial charge in [0.05, 0.1) is 4.90 Å². The van der Waals surface area contributed by atoms with Crippen LogP contribution in [-0.2, 0) is 10.0 Å². The lowest BCUT2D eigenvalue weighted by atomic mass is 10.1. The van der Waals surface area contributed by atoms with E-state index >= 15 is 0 Å². The summed E-state index contributed by atoms with van der Waals surface area (Å²) in [6.07, 6.45) is 0. The van der Waals surface area contributed by atoms with E-state index in [9.17, 15) is 8.42 Å². The summed E-state index contributed by atoms with van der Waals surface area (Å²) < 4.78 is 27.9. The fourth-order valence-corrected chi connectivity index (χ4v) is 4.08. The van der Waals surface area contributed by atoms with Crippen molar-refractivity contribution in [1.29, 1.82) is 0 Å². The highest BCUT2D eigenvalue weighted by Crippen LogP contribution is 2.19. The summed E-state index contributed by atoms with van der Waals surface area (Å²) in [7, 11) is -3.52. The lowest BCUT2D eigenvalue weighted by molar-refractivity contribution is 0.581. The minimum Gasteiger partial charge on any atom is -0.370 e. The SMILES string of the molecule is CCN(CCNS(=O)(=O)c1ccc2ccccc2c1)c1cccc(C)c1. The second kappa shape index (κ2) is 7.89. The van der Waals surface area contributed by atoms with Crippen molar-refractivity contribution < 1.29 is 8.42 Å². The summed E-state index contributed by atoms with van der Waals surface area (Å²) in [5.74, 6) is 0. The smallest absolute Gasteiger partial charge is 0.240 e. The van der Waals surface area contributed by atoms with Crippen LogP contribution in [0, 0.1) is 6.92 Å². The first-order valence-corrected chi connectivity index (χ1v) is 10.3. The molecule has 0 unspecified atom stereocenters. The fourth-order valence-electron chi connectivity index (χ4n) is 3.03. The Hall–Kier alpha value is -2.37. The molecule has 0 atom stereocenters. The average Bonchev–Trinajstić information content (AvgIpc) is 2.65. The summed E-state index contributed by atoms with van der Waals surface area (Å²) in [6.45, 7) is 5.92. The van der Waals surface area contributed by atoms with Crippen LogP contribution in [0.1, 0.15) is 12.5 Å². The Balaban J connectivity index is 1.69. The first-order chi connectivity index (χ1) is 12.5. The Kier molecular flexibility index (Phi) is 5.59. The molecular weight excluding hydrogens is 344 g/mol. The van der Waals surface area contributed by atoms with Crippen LogP contribution < -0.4 is 9.62 Å². The minimum atomic E-state index is -3.52. The molecule has 0 spiro atoms. The van der Waals surface area contributed by atoms with E-state index in [0.29, 0.717) is 18.0 Å². The Labute approximate surface area is 155 Å². The average molecular weight is 369 g/mol. The Morgan fingerprint density at radius 1 is 0.923 bits per heavy atom. The highest BCUT2D eigenvalue weighted by atomic mass is 32.2. The van der Waals surface area contributed by atoms with Gasteiger partial charge >= 0.3 is 0 Å². The van der Waals surface area contributed by atoms with Crippen molar-refractivity contribution in [3.8, 4) is 0 Å². The molecule has 0 radical (unpaired) electrons. The maximum absolute atomic E-state index is 12.6. The molecule has 0 aromatic heterocycles. The number of hydrogen-bond acceptors (Lipinski definition) is 3. The Morgan fingerprint density at radius 2 is 1.69 bits per heavy atom. The van der Waals surface area contributed by atoms with E-state index < -0.39 is 10.0 Å². The van der Waals surface area contributed by atoms with Crippen molar-refractivity contribution >= 4 is 26.5 Å². The van der Waals surface area contributed by atoms with Gasteiger partial charge in [-0.2, -0.15) is 0 Å². The molecule has 0 saturated heterocycles. The van der Waals surface area contributed by atoms with Crippen molar-refractivity contribution in [3.63, 3.8) is 0 Å². The number of rotatable bonds is 7. The number of nitrogens with one attached hydrogen (secondary N) is 1. The van der Waals surface area contributed by atoms with Gasteiger partial charge in [0.1, 0.15) is 0 Å². The zero-order chi connectivity index (χ0) is 18.6. The molecule has 0 aliphatic rings. The number of benzene rings is 3. The summed E-state index contributed by atoms with van der Waals surface area (Å²) in [5, 5.41) is 1.95. The Morgan fingerprint density at radius 3 is 2.42 bits per heavy atom. The third-order valence-corrected chi connectivity index (χ3v) is 5.91. The molecule has 0 saturated carbocycles. The minimum absolute atomic E-state index is 0.301. The molecule has 4 nitrogen and oxygen atoms in total. The number of sulfonamides is 1. The summed E-state index contributed by atoms with van der Waals surface area (Å²) >= 11 is 0. The number of anilines is 1. The molecule has 136 valence electrons. The third kappa shape index (κ3) is 4.23. The van der Waals surface area contributed by atoms with Gasteiger partial charge in [0.15, 0.2) is 0 Å². The van der Waals surface area contributed by atoms with E-state index in [1.807, 2.05) is 42.5 Å². The normalized spacial score (nSPS) is 11.6. The maximum atomic E-state index is 12.6. The van der Waals surface area contributed by atoms with E-state index in [2.05, 4.69) is 35.6 Å². The molecule has 3 rings (SSSR count). The molecule has 3 aromatic carbocycles. The van der Waals surface area contributed by atoms with E-state index in [1.165, 1.54) is 5.56 Å². The van der Waals surface area contributed by atoms with Crippen molar-refractivity contribution in [3.05, 3.63) is 72.3 Å². The quantitative estimate of drug-likeness (QED) is 0.687. The molecule has 0 aliphatic carbocycles. The lowest BCUT2D eigenvalue weighted by Gasteiger charge is -2.23. The molecule has 0 fully saturated rings. The van der Waals surface area contributed by atoms with Gasteiger partial charge < -0.3 is 4.90 Å². The first-order valence-electron chi connectivity index (χ1n) is 8.80. The zero-order valence-electron chi connectivity index (χ0n) is 15.1. The van der Waals surface area contributed by atoms with Gasteiger partial charge in [0, 0.05) is 25.3 Å². The van der Waals surface area contributed by atoms with Gasteiger partial charge in [0.2, 0.25) is 10.0 Å². The van der Waals surface area contributed by atoms with Gasteiger partial charge in [-0.3, -0.25) is 0 Å². The summed E-state index contributed by atoms with van der Waals surface area (Å²) in [5.41, 5.74) is 2.30. The molecule has 1 N–H and O–H groups in total. The van der Waals surface area contributed by atoms with Crippen LogP contribution >= 0.6 is 0 Å². The van der Waals surface area contributed by atoms with Gasteiger partial charge in [-0.25, -0.2) is 13.1 Å². The van der Waals surface area contributed by atoms with Gasteiger partial charge in [-0.05, 0) is 54.4 Å². The number of fused-ring (bicyclic) bond motifs is 1. The molecule has 0 aliphatic heterocycles. The highest BCUT2D eigenvalue weighted by Gasteiger charge is 2.14. The predicted molar refractivity (Wildman–Crippen MR) is 108 cm³/mol. The van der Waals surface area contributed by atoms with E-state index in [-0.39, 0.29) is 0 Å². The second-order valence-corrected chi connectivity index (χ2v) is 8.09. The van der Waals surface area contributed by atoms with Crippen molar-refractivity contribution in [2.45, 2.75) is 18.7 Å². The third-order valence-electron chi connectivity index (χ3n) is 4.45. The standard InChI is InChI=1S/C21H24N2O2S/c1-3-23(20-10-6-7-17(2)15-20)14-13-22-26(24,25)21-12-11-18-8-4-5-9-19(18)16-21/h4-12,15-16,22H,3,13-14H2,1-2H3. The molecule has 3 aromatic rings. The Bertz CT molecular complexity index is 1000. The van der Waals surface area contributed by atoms with Crippen LogP contribution in [0.2, 0.25) is 0 Å². The topological polar surface area (TPSA) is 49.4 Å². The second-order valence-electron chi connectivity index (χ2n) is 6.33. The number of hydrogen-bond donors (Lipinski definition) is 1. The number of aryl methyl sites for hydroxylation is 1. The van der Waals surface area contributed by atoms with Crippen LogP contribution in [-0.4, -0.2) is 28.1 Å². The van der Waals surface area contributed by atoms with Crippen LogP contribution in [0.15, 0.2) is 71.6 Å². The van der Waals surface area contributed by atoms with Crippen molar-refractivity contribution in [2.24, 2.45) is 0 Å². The lowest BCUT2D eigenvalue weighted by Crippen LogP contribution is -2.35. The predicted octanol–water partition coefficient (Wildman–Crippen LogP) is 3.95. The van der Waals surface area contributed by atoms with Crippen LogP contribution in [0.25, 0.3) is 10.8 Å². The number of likely N-dealkylation sites (N-methyl/N-ethyl adjacent to an activating group) is 1. The summed E-state index contributed by atoms with van der Waals surface area (Å²) in [6, 6.07) is 21.2. The van der Waals surface area contributed by atoms with E-state index in [0.717, 1.165) is 23.0 Å². The van der Waals surface area contributed by atoms with Crippen LogP contribution in [0.3, 0.4) is 0 Å². The van der Waals surface area contributed by atoms with Gasteiger partial charge in [-0.15, -0.1) is 0 Å². The monoisotopic (exact) mass is 368 g/mol. The molecule has 0 bridgehead atoms. The number of nitrogens with zero attached hydrogens (tertiary/aromatic N) is 1. The van der Waals surface area contributed by atoms with Crippen molar-refractivity contribution in [1.82, 2.24) is 4.72 Å². The van der Waals surface area contributed by atoms with Crippen molar-refractivity contribution in [2.75, 3.05) is 24.5 Å². The zero-order valence-corrected chi connectivity index (χ0v) is 16.0. The van der Waals surface area contributed by atoms with Gasteiger partial charge in [-0.1, -0.05) is 42.5 Å². The highest BCUT2D eigenvalue weighted by molar-refractivity contribution is 7.89. The molecule has 0 heterocycles. The van der Waals surface area contributed by atoms with Crippen LogP contribution in [0.4, 0.5) is 5.69 Å². The molecular formula is C21H24N2O2S. The largest absolute Gasteiger partial charge is 0.370 e. The van der Waals surface area contributed by atoms with E-state index in [4.69, 9.17) is 0 Å². The van der Waals surface area contributed by atoms with Gasteiger partial charge in [0.25, 0.3) is 0 Å². The fraction of sp³-hybridized carbons (Fsp3) is 0.238. The molecule has 5 heteroatoms. The van der Waals surface area contributed by atoms with E-state index in [1.54, 1.807) is 12.1 Å². The molecule has 26 heavy (non-hydrogen) atoms. The first kappa shape index (κ1) is 18.4. The van der Waals surface area contributed by atoms with Crippen LogP contribution in [0.5, 0.6) is 0 Å². The molecule has 0 amide bonds. The summed E-state index contributed by atoms with van der Waals surface area (Å²) in [4.78, 5) is 2.46. The maximum Gasteiger partial charge on any atom is 0.240 e.